The van der Waals surface area contributed by atoms with Gasteiger partial charge in [0.2, 0.25) is 5.91 Å². The Labute approximate surface area is 102 Å². The number of nitrogens with one attached hydrogen (secondary N) is 1. The average Bonchev–Trinajstić information content (AvgIpc) is 2.78. The summed E-state index contributed by atoms with van der Waals surface area (Å²) in [6.07, 6.45) is 2.26. The molecule has 92 valence electrons. The van der Waals surface area contributed by atoms with Crippen LogP contribution in [0.15, 0.2) is 24.3 Å². The molecule has 0 bridgehead atoms. The average molecular weight is 232 g/mol. The van der Waals surface area contributed by atoms with Gasteiger partial charge in [0.1, 0.15) is 0 Å². The zero-order chi connectivity index (χ0) is 12.3. The highest BCUT2D eigenvalue weighted by molar-refractivity contribution is 5.78. The number of fused-ring (bicyclic) bond motifs is 1. The van der Waals surface area contributed by atoms with Crippen LogP contribution in [0.1, 0.15) is 30.4 Å². The highest BCUT2D eigenvalue weighted by Crippen LogP contribution is 2.32. The molecular weight excluding hydrogens is 212 g/mol. The van der Waals surface area contributed by atoms with E-state index in [1.165, 1.54) is 11.1 Å². The smallest absolute Gasteiger partial charge is 0.224 e. The Kier molecular flexibility index (Phi) is 3.79. The molecule has 0 spiro atoms. The van der Waals surface area contributed by atoms with E-state index in [1.54, 1.807) is 0 Å². The molecule has 2 rings (SSSR count). The second kappa shape index (κ2) is 5.32. The maximum Gasteiger partial charge on any atom is 0.224 e. The van der Waals surface area contributed by atoms with Crippen molar-refractivity contribution in [2.24, 2.45) is 11.7 Å². The third-order valence-corrected chi connectivity index (χ3v) is 3.58. The molecule has 2 unspecified atom stereocenters. The minimum atomic E-state index is -0.0911. The molecule has 3 heteroatoms. The molecule has 17 heavy (non-hydrogen) atoms. The molecule has 0 saturated heterocycles. The van der Waals surface area contributed by atoms with Crippen molar-refractivity contribution in [2.75, 3.05) is 13.1 Å². The van der Waals surface area contributed by atoms with Gasteiger partial charge in [-0.15, -0.1) is 0 Å². The Hall–Kier alpha value is -1.35. The molecule has 0 fully saturated rings. The first-order valence-corrected chi connectivity index (χ1v) is 6.28. The van der Waals surface area contributed by atoms with Crippen LogP contribution in [0.5, 0.6) is 0 Å². The SMILES string of the molecule is CC(CN)C(=O)NCC1CCc2ccccc21. The van der Waals surface area contributed by atoms with Crippen molar-refractivity contribution in [3.8, 4) is 0 Å². The fourth-order valence-corrected chi connectivity index (χ4v) is 2.36. The van der Waals surface area contributed by atoms with E-state index in [-0.39, 0.29) is 11.8 Å². The lowest BCUT2D eigenvalue weighted by molar-refractivity contribution is -0.124. The quantitative estimate of drug-likeness (QED) is 0.825. The van der Waals surface area contributed by atoms with E-state index in [2.05, 4.69) is 29.6 Å². The lowest BCUT2D eigenvalue weighted by atomic mass is 10.0. The van der Waals surface area contributed by atoms with Crippen LogP contribution in [-0.2, 0) is 11.2 Å². The van der Waals surface area contributed by atoms with Crippen LogP contribution in [0.2, 0.25) is 0 Å². The van der Waals surface area contributed by atoms with E-state index in [4.69, 9.17) is 5.73 Å². The molecule has 0 heterocycles. The van der Waals surface area contributed by atoms with Gasteiger partial charge in [-0.1, -0.05) is 31.2 Å². The molecule has 0 aliphatic heterocycles. The number of nitrogens with two attached hydrogens (primary N) is 1. The van der Waals surface area contributed by atoms with Crippen molar-refractivity contribution < 1.29 is 4.79 Å². The van der Waals surface area contributed by atoms with Crippen LogP contribution >= 0.6 is 0 Å². The summed E-state index contributed by atoms with van der Waals surface area (Å²) in [4.78, 5) is 11.7. The molecule has 2 atom stereocenters. The molecule has 3 nitrogen and oxygen atoms in total. The summed E-state index contributed by atoms with van der Waals surface area (Å²) in [6, 6.07) is 8.50. The van der Waals surface area contributed by atoms with Gasteiger partial charge < -0.3 is 11.1 Å². The van der Waals surface area contributed by atoms with Gasteiger partial charge in [-0.3, -0.25) is 4.79 Å². The first-order chi connectivity index (χ1) is 8.22. The summed E-state index contributed by atoms with van der Waals surface area (Å²) in [5, 5.41) is 3.00. The first-order valence-electron chi connectivity index (χ1n) is 6.28. The summed E-state index contributed by atoms with van der Waals surface area (Å²) in [5.41, 5.74) is 8.30. The minimum Gasteiger partial charge on any atom is -0.355 e. The lowest BCUT2D eigenvalue weighted by Crippen LogP contribution is -2.35. The van der Waals surface area contributed by atoms with Gasteiger partial charge in [0, 0.05) is 24.9 Å². The zero-order valence-electron chi connectivity index (χ0n) is 10.3. The first kappa shape index (κ1) is 12.1. The molecule has 1 aliphatic carbocycles. The normalized spacial score (nSPS) is 19.8. The summed E-state index contributed by atoms with van der Waals surface area (Å²) >= 11 is 0. The Morgan fingerprint density at radius 3 is 3.06 bits per heavy atom. The summed E-state index contributed by atoms with van der Waals surface area (Å²) < 4.78 is 0. The molecule has 1 aromatic rings. The maximum atomic E-state index is 11.7. The van der Waals surface area contributed by atoms with Gasteiger partial charge in [-0.2, -0.15) is 0 Å². The Balaban J connectivity index is 1.92. The van der Waals surface area contributed by atoms with E-state index in [0.717, 1.165) is 19.4 Å². The predicted octanol–water partition coefficient (Wildman–Crippen LogP) is 1.43. The monoisotopic (exact) mass is 232 g/mol. The van der Waals surface area contributed by atoms with Gasteiger partial charge in [0.25, 0.3) is 0 Å². The largest absolute Gasteiger partial charge is 0.355 e. The van der Waals surface area contributed by atoms with Gasteiger partial charge in [0.05, 0.1) is 0 Å². The number of hydrogen-bond donors (Lipinski definition) is 2. The Morgan fingerprint density at radius 2 is 2.29 bits per heavy atom. The molecule has 3 N–H and O–H groups in total. The van der Waals surface area contributed by atoms with Crippen LogP contribution in [0.3, 0.4) is 0 Å². The molecule has 1 amide bonds. The maximum absolute atomic E-state index is 11.7. The van der Waals surface area contributed by atoms with Gasteiger partial charge in [-0.25, -0.2) is 0 Å². The van der Waals surface area contributed by atoms with Crippen molar-refractivity contribution in [1.29, 1.82) is 0 Å². The van der Waals surface area contributed by atoms with Crippen molar-refractivity contribution in [3.63, 3.8) is 0 Å². The van der Waals surface area contributed by atoms with E-state index >= 15 is 0 Å². The third-order valence-electron chi connectivity index (χ3n) is 3.58. The van der Waals surface area contributed by atoms with E-state index in [0.29, 0.717) is 12.5 Å². The van der Waals surface area contributed by atoms with E-state index in [9.17, 15) is 4.79 Å². The van der Waals surface area contributed by atoms with Gasteiger partial charge in [0.15, 0.2) is 0 Å². The summed E-state index contributed by atoms with van der Waals surface area (Å²) in [5.74, 6) is 0.448. The van der Waals surface area contributed by atoms with Crippen LogP contribution in [0, 0.1) is 5.92 Å². The Morgan fingerprint density at radius 1 is 1.53 bits per heavy atom. The van der Waals surface area contributed by atoms with Crippen LogP contribution in [0.25, 0.3) is 0 Å². The summed E-state index contributed by atoms with van der Waals surface area (Å²) in [7, 11) is 0. The molecule has 0 radical (unpaired) electrons. The Bertz CT molecular complexity index is 403. The van der Waals surface area contributed by atoms with Gasteiger partial charge in [-0.05, 0) is 24.0 Å². The molecular formula is C14H20N2O. The second-order valence-electron chi connectivity index (χ2n) is 4.82. The van der Waals surface area contributed by atoms with E-state index < -0.39 is 0 Å². The number of rotatable bonds is 4. The summed E-state index contributed by atoms with van der Waals surface area (Å²) in [6.45, 7) is 3.01. The lowest BCUT2D eigenvalue weighted by Gasteiger charge is -2.15. The topological polar surface area (TPSA) is 55.1 Å². The van der Waals surface area contributed by atoms with Crippen molar-refractivity contribution >= 4 is 5.91 Å². The standard InChI is InChI=1S/C14H20N2O/c1-10(8-15)14(17)16-9-12-7-6-11-4-2-3-5-13(11)12/h2-5,10,12H,6-9,15H2,1H3,(H,16,17). The predicted molar refractivity (Wildman–Crippen MR) is 68.7 cm³/mol. The molecule has 0 aromatic heterocycles. The number of benzene rings is 1. The minimum absolute atomic E-state index is 0.0666. The van der Waals surface area contributed by atoms with Gasteiger partial charge >= 0.3 is 0 Å². The number of carbonyl (C=O) groups is 1. The molecule has 1 aliphatic rings. The highest BCUT2D eigenvalue weighted by Gasteiger charge is 2.22. The molecule has 1 aromatic carbocycles. The number of carbonyl (C=O) groups excluding carboxylic acids is 1. The fraction of sp³-hybridized carbons (Fsp3) is 0.500. The second-order valence-corrected chi connectivity index (χ2v) is 4.82. The van der Waals surface area contributed by atoms with Crippen molar-refractivity contribution in [2.45, 2.75) is 25.7 Å². The van der Waals surface area contributed by atoms with Crippen LogP contribution in [0.4, 0.5) is 0 Å². The van der Waals surface area contributed by atoms with E-state index in [1.807, 2.05) is 6.92 Å². The van der Waals surface area contributed by atoms with Crippen molar-refractivity contribution in [3.05, 3.63) is 35.4 Å². The number of amides is 1. The fourth-order valence-electron chi connectivity index (χ4n) is 2.36. The number of hydrogen-bond acceptors (Lipinski definition) is 2. The van der Waals surface area contributed by atoms with Crippen LogP contribution in [-0.4, -0.2) is 19.0 Å². The van der Waals surface area contributed by atoms with Crippen molar-refractivity contribution in [1.82, 2.24) is 5.32 Å². The van der Waals surface area contributed by atoms with Crippen LogP contribution < -0.4 is 11.1 Å². The number of aryl methyl sites for hydroxylation is 1. The highest BCUT2D eigenvalue weighted by atomic mass is 16.1. The molecule has 0 saturated carbocycles. The third kappa shape index (κ3) is 2.67. The zero-order valence-corrected chi connectivity index (χ0v) is 10.3.